The van der Waals surface area contributed by atoms with Crippen LogP contribution in [-0.2, 0) is 24.4 Å². The number of rotatable bonds is 15. The predicted octanol–water partition coefficient (Wildman–Crippen LogP) is 1.29. The molecule has 0 spiro atoms. The van der Waals surface area contributed by atoms with Crippen molar-refractivity contribution in [2.24, 2.45) is 5.73 Å². The van der Waals surface area contributed by atoms with Crippen LogP contribution in [-0.4, -0.2) is 95.8 Å². The molecule has 146 valence electrons. The van der Waals surface area contributed by atoms with Crippen LogP contribution in [0.1, 0.15) is 77.6 Å². The number of ether oxygens (including phenoxy) is 1. The molecule has 1 atom stereocenters. The first kappa shape index (κ1) is 31.5. The third-order valence-electron chi connectivity index (χ3n) is 3.75. The molecule has 0 saturated heterocycles. The number of esters is 1. The van der Waals surface area contributed by atoms with E-state index in [9.17, 15) is 18.0 Å². The summed E-state index contributed by atoms with van der Waals surface area (Å²) in [6.07, 6.45) is 10.5. The SMILES string of the molecule is CCCCCCCCCCCCOC(=O)C(CC(N)=O)S(=O)(=O)O.[NaH].[NaH]. The van der Waals surface area contributed by atoms with Crippen molar-refractivity contribution >= 4 is 81.1 Å². The fourth-order valence-electron chi connectivity index (χ4n) is 2.35. The first-order valence-electron chi connectivity index (χ1n) is 8.70. The fourth-order valence-corrected chi connectivity index (χ4v) is 3.03. The van der Waals surface area contributed by atoms with E-state index in [0.29, 0.717) is 6.42 Å². The van der Waals surface area contributed by atoms with Gasteiger partial charge < -0.3 is 10.5 Å². The molecule has 1 unspecified atom stereocenters. The van der Waals surface area contributed by atoms with Crippen molar-refractivity contribution in [1.82, 2.24) is 0 Å². The first-order chi connectivity index (χ1) is 11.3. The summed E-state index contributed by atoms with van der Waals surface area (Å²) in [7, 11) is -4.70. The van der Waals surface area contributed by atoms with E-state index in [0.717, 1.165) is 19.3 Å². The molecular weight excluding hydrogens is 380 g/mol. The molecule has 0 aliphatic heterocycles. The normalized spacial score (nSPS) is 11.8. The van der Waals surface area contributed by atoms with Crippen LogP contribution in [0.25, 0.3) is 0 Å². The van der Waals surface area contributed by atoms with Gasteiger partial charge in [-0.15, -0.1) is 0 Å². The predicted molar refractivity (Wildman–Crippen MR) is 106 cm³/mol. The molecule has 7 nitrogen and oxygen atoms in total. The number of amides is 1. The zero-order chi connectivity index (χ0) is 18.4. The van der Waals surface area contributed by atoms with Gasteiger partial charge in [0, 0.05) is 0 Å². The Bertz CT molecular complexity index is 473. The van der Waals surface area contributed by atoms with Gasteiger partial charge in [-0.25, -0.2) is 0 Å². The van der Waals surface area contributed by atoms with Crippen molar-refractivity contribution in [1.29, 1.82) is 0 Å². The van der Waals surface area contributed by atoms with Crippen molar-refractivity contribution in [3.63, 3.8) is 0 Å². The summed E-state index contributed by atoms with van der Waals surface area (Å²) in [5.41, 5.74) is 4.87. The van der Waals surface area contributed by atoms with Crippen LogP contribution in [0.3, 0.4) is 0 Å². The molecule has 0 rings (SSSR count). The van der Waals surface area contributed by atoms with Gasteiger partial charge in [0.1, 0.15) is 0 Å². The quantitative estimate of drug-likeness (QED) is 0.180. The number of primary amides is 1. The molecule has 0 aromatic rings. The summed E-state index contributed by atoms with van der Waals surface area (Å²) in [4.78, 5) is 22.4. The second kappa shape index (κ2) is 19.2. The maximum absolute atomic E-state index is 11.6. The standard InChI is InChI=1S/C16H31NO6S.2Na.2H/c1-2-3-4-5-6-7-8-9-10-11-12-23-16(19)14(13-15(17)18)24(20,21)22;;;;/h14H,2-13H2,1H3,(H2,17,18)(H,20,21,22);;;;. The van der Waals surface area contributed by atoms with E-state index in [2.05, 4.69) is 6.92 Å². The number of nitrogens with two attached hydrogens (primary N) is 1. The van der Waals surface area contributed by atoms with E-state index in [4.69, 9.17) is 15.0 Å². The van der Waals surface area contributed by atoms with E-state index >= 15 is 0 Å². The van der Waals surface area contributed by atoms with E-state index in [1.807, 2.05) is 0 Å². The summed E-state index contributed by atoms with van der Waals surface area (Å²) in [5.74, 6) is -2.12. The Morgan fingerprint density at radius 2 is 1.35 bits per heavy atom. The molecule has 1 amide bonds. The number of carbonyl (C=O) groups excluding carboxylic acids is 2. The Morgan fingerprint density at radius 3 is 1.73 bits per heavy atom. The second-order valence-corrected chi connectivity index (χ2v) is 7.62. The van der Waals surface area contributed by atoms with Crippen molar-refractivity contribution in [2.45, 2.75) is 82.8 Å². The number of carbonyl (C=O) groups is 2. The van der Waals surface area contributed by atoms with Gasteiger partial charge in [-0.1, -0.05) is 64.7 Å². The summed E-state index contributed by atoms with van der Waals surface area (Å²) < 4.78 is 35.9. The van der Waals surface area contributed by atoms with E-state index < -0.39 is 33.7 Å². The van der Waals surface area contributed by atoms with Gasteiger partial charge in [0.15, 0.2) is 5.25 Å². The van der Waals surface area contributed by atoms with Crippen molar-refractivity contribution in [2.75, 3.05) is 6.61 Å². The van der Waals surface area contributed by atoms with Crippen LogP contribution < -0.4 is 5.73 Å². The zero-order valence-corrected chi connectivity index (χ0v) is 15.4. The Labute approximate surface area is 201 Å². The maximum atomic E-state index is 11.6. The van der Waals surface area contributed by atoms with Crippen LogP contribution in [0.15, 0.2) is 0 Å². The van der Waals surface area contributed by atoms with E-state index in [1.54, 1.807) is 0 Å². The number of unbranched alkanes of at least 4 members (excludes halogenated alkanes) is 9. The molecule has 0 aliphatic carbocycles. The molecule has 0 radical (unpaired) electrons. The molecule has 0 aromatic carbocycles. The average molecular weight is 413 g/mol. The Balaban J connectivity index is -0.00000264. The molecule has 0 bridgehead atoms. The van der Waals surface area contributed by atoms with Crippen molar-refractivity contribution in [3.05, 3.63) is 0 Å². The Morgan fingerprint density at radius 1 is 0.923 bits per heavy atom. The van der Waals surface area contributed by atoms with Gasteiger partial charge >= 0.3 is 65.1 Å². The average Bonchev–Trinajstić information content (AvgIpc) is 2.48. The molecular formula is C16H33NNa2O6S. The van der Waals surface area contributed by atoms with Crippen LogP contribution in [0.4, 0.5) is 0 Å². The van der Waals surface area contributed by atoms with Gasteiger partial charge in [-0.05, 0) is 6.42 Å². The Kier molecular flexibility index (Phi) is 23.3. The van der Waals surface area contributed by atoms with Gasteiger partial charge in [-0.3, -0.25) is 14.1 Å². The monoisotopic (exact) mass is 413 g/mol. The van der Waals surface area contributed by atoms with Crippen LogP contribution in [0.5, 0.6) is 0 Å². The number of hydrogen-bond acceptors (Lipinski definition) is 5. The Hall–Kier alpha value is 0.850. The molecule has 0 aromatic heterocycles. The number of hydrogen-bond donors (Lipinski definition) is 2. The molecule has 0 fully saturated rings. The summed E-state index contributed by atoms with van der Waals surface area (Å²) in [6, 6.07) is 0. The zero-order valence-electron chi connectivity index (χ0n) is 14.5. The molecule has 0 aliphatic rings. The topological polar surface area (TPSA) is 124 Å². The minimum atomic E-state index is -4.70. The van der Waals surface area contributed by atoms with Gasteiger partial charge in [0.2, 0.25) is 5.91 Å². The minimum absolute atomic E-state index is 0. The van der Waals surface area contributed by atoms with Gasteiger partial charge in [0.05, 0.1) is 13.0 Å². The van der Waals surface area contributed by atoms with Crippen LogP contribution in [0.2, 0.25) is 0 Å². The third-order valence-corrected chi connectivity index (χ3v) is 4.83. The van der Waals surface area contributed by atoms with E-state index in [-0.39, 0.29) is 65.7 Å². The molecule has 10 heteroatoms. The van der Waals surface area contributed by atoms with Crippen LogP contribution >= 0.6 is 0 Å². The van der Waals surface area contributed by atoms with Crippen molar-refractivity contribution in [3.8, 4) is 0 Å². The summed E-state index contributed by atoms with van der Waals surface area (Å²) in [6.45, 7) is 2.26. The molecule has 26 heavy (non-hydrogen) atoms. The van der Waals surface area contributed by atoms with Crippen LogP contribution in [0, 0.1) is 0 Å². The summed E-state index contributed by atoms with van der Waals surface area (Å²) in [5, 5.41) is -1.93. The van der Waals surface area contributed by atoms with Gasteiger partial charge in [0.25, 0.3) is 10.1 Å². The van der Waals surface area contributed by atoms with E-state index in [1.165, 1.54) is 38.5 Å². The second-order valence-electron chi connectivity index (χ2n) is 6.02. The first-order valence-corrected chi connectivity index (χ1v) is 10.2. The van der Waals surface area contributed by atoms with Gasteiger partial charge in [-0.2, -0.15) is 8.42 Å². The summed E-state index contributed by atoms with van der Waals surface area (Å²) >= 11 is 0. The third kappa shape index (κ3) is 18.2. The molecule has 0 saturated carbocycles. The van der Waals surface area contributed by atoms with Crippen molar-refractivity contribution < 1.29 is 27.3 Å². The fraction of sp³-hybridized carbons (Fsp3) is 0.875. The molecule has 3 N–H and O–H groups in total. The molecule has 0 heterocycles.